The maximum Gasteiger partial charge on any atom is 0.252 e. The second-order valence-electron chi connectivity index (χ2n) is 5.89. The van der Waals surface area contributed by atoms with E-state index in [4.69, 9.17) is 4.74 Å². The molecule has 2 heterocycles. The quantitative estimate of drug-likeness (QED) is 0.801. The lowest BCUT2D eigenvalue weighted by Gasteiger charge is -2.35. The first-order valence-electron chi connectivity index (χ1n) is 7.59. The Bertz CT molecular complexity index is 476. The predicted octanol–water partition coefficient (Wildman–Crippen LogP) is 1.56. The standard InChI is InChI=1S/C15H26N4O2.2ClH/c1-12(11-19-9-8-17-13(19)2)10-18-14(20)15(21-3)4-6-16-7-5-15;;/h8-9,12,16H,4-7,10-11H2,1-3H3,(H,18,20);2*1H. The molecule has 134 valence electrons. The molecule has 1 unspecified atom stereocenters. The summed E-state index contributed by atoms with van der Waals surface area (Å²) in [5.41, 5.74) is -0.657. The van der Waals surface area contributed by atoms with Crippen molar-refractivity contribution in [2.75, 3.05) is 26.7 Å². The molecular weight excluding hydrogens is 339 g/mol. The van der Waals surface area contributed by atoms with Crippen LogP contribution in [-0.2, 0) is 16.1 Å². The Morgan fingerprint density at radius 3 is 2.65 bits per heavy atom. The lowest BCUT2D eigenvalue weighted by atomic mass is 9.91. The zero-order valence-corrected chi connectivity index (χ0v) is 15.6. The van der Waals surface area contributed by atoms with Gasteiger partial charge in [-0.2, -0.15) is 0 Å². The van der Waals surface area contributed by atoms with Crippen LogP contribution in [-0.4, -0.2) is 47.8 Å². The SMILES string of the molecule is COC1(C(=O)NCC(C)Cn2ccnc2C)CCNCC1.Cl.Cl. The first kappa shape index (κ1) is 22.2. The van der Waals surface area contributed by atoms with Crippen molar-refractivity contribution >= 4 is 30.7 Å². The molecule has 0 saturated carbocycles. The minimum absolute atomic E-state index is 0. The highest BCUT2D eigenvalue weighted by molar-refractivity contribution is 5.86. The Kier molecular flexibility index (Phi) is 9.77. The first-order valence-corrected chi connectivity index (χ1v) is 7.59. The van der Waals surface area contributed by atoms with Crippen molar-refractivity contribution in [1.82, 2.24) is 20.2 Å². The molecule has 0 radical (unpaired) electrons. The number of hydrogen-bond donors (Lipinski definition) is 2. The first-order chi connectivity index (χ1) is 10.1. The lowest BCUT2D eigenvalue weighted by Crippen LogP contribution is -2.54. The largest absolute Gasteiger partial charge is 0.368 e. The summed E-state index contributed by atoms with van der Waals surface area (Å²) in [6, 6.07) is 0. The van der Waals surface area contributed by atoms with Crippen LogP contribution in [0.3, 0.4) is 0 Å². The van der Waals surface area contributed by atoms with Gasteiger partial charge in [-0.05, 0) is 38.8 Å². The number of aryl methyl sites for hydroxylation is 1. The van der Waals surface area contributed by atoms with Crippen molar-refractivity contribution in [2.45, 2.75) is 38.8 Å². The van der Waals surface area contributed by atoms with E-state index in [0.717, 1.165) is 38.3 Å². The Morgan fingerprint density at radius 2 is 2.13 bits per heavy atom. The van der Waals surface area contributed by atoms with Gasteiger partial charge in [0.15, 0.2) is 0 Å². The summed E-state index contributed by atoms with van der Waals surface area (Å²) in [5, 5.41) is 6.31. The van der Waals surface area contributed by atoms with E-state index in [0.29, 0.717) is 12.5 Å². The van der Waals surface area contributed by atoms with Gasteiger partial charge in [0.25, 0.3) is 5.91 Å². The number of halogens is 2. The number of amides is 1. The number of imidazole rings is 1. The molecule has 1 atom stereocenters. The number of hydrogen-bond acceptors (Lipinski definition) is 4. The van der Waals surface area contributed by atoms with E-state index in [1.807, 2.05) is 13.1 Å². The Morgan fingerprint density at radius 1 is 1.48 bits per heavy atom. The van der Waals surface area contributed by atoms with Crippen molar-refractivity contribution in [1.29, 1.82) is 0 Å². The second-order valence-corrected chi connectivity index (χ2v) is 5.89. The van der Waals surface area contributed by atoms with Gasteiger partial charge >= 0.3 is 0 Å². The van der Waals surface area contributed by atoms with Gasteiger partial charge in [-0.3, -0.25) is 4.79 Å². The van der Waals surface area contributed by atoms with Crippen LogP contribution in [0.15, 0.2) is 12.4 Å². The Balaban J connectivity index is 0.00000242. The Hall–Kier alpha value is -0.820. The maximum atomic E-state index is 12.4. The highest BCUT2D eigenvalue weighted by Crippen LogP contribution is 2.22. The summed E-state index contributed by atoms with van der Waals surface area (Å²) in [5.74, 6) is 1.36. The fourth-order valence-electron chi connectivity index (χ4n) is 2.78. The van der Waals surface area contributed by atoms with Crippen LogP contribution < -0.4 is 10.6 Å². The molecule has 2 rings (SSSR count). The van der Waals surface area contributed by atoms with E-state index in [1.165, 1.54) is 0 Å². The van der Waals surface area contributed by atoms with E-state index in [9.17, 15) is 4.79 Å². The fraction of sp³-hybridized carbons (Fsp3) is 0.733. The van der Waals surface area contributed by atoms with Crippen LogP contribution in [0.5, 0.6) is 0 Å². The smallest absolute Gasteiger partial charge is 0.252 e. The van der Waals surface area contributed by atoms with Crippen LogP contribution in [0.25, 0.3) is 0 Å². The zero-order valence-electron chi connectivity index (χ0n) is 14.0. The highest BCUT2D eigenvalue weighted by Gasteiger charge is 2.39. The second kappa shape index (κ2) is 10.1. The van der Waals surface area contributed by atoms with E-state index in [-0.39, 0.29) is 30.7 Å². The predicted molar refractivity (Wildman–Crippen MR) is 95.5 cm³/mol. The van der Waals surface area contributed by atoms with Gasteiger partial charge in [-0.25, -0.2) is 4.98 Å². The van der Waals surface area contributed by atoms with Crippen LogP contribution >= 0.6 is 24.8 Å². The summed E-state index contributed by atoms with van der Waals surface area (Å²) in [6.45, 7) is 7.26. The number of aromatic nitrogens is 2. The van der Waals surface area contributed by atoms with Gasteiger partial charge in [0.2, 0.25) is 0 Å². The van der Waals surface area contributed by atoms with Crippen LogP contribution in [0.2, 0.25) is 0 Å². The van der Waals surface area contributed by atoms with E-state index >= 15 is 0 Å². The summed E-state index contributed by atoms with van der Waals surface area (Å²) >= 11 is 0. The molecule has 1 aliphatic heterocycles. The number of carbonyl (C=O) groups is 1. The van der Waals surface area contributed by atoms with Gasteiger partial charge < -0.3 is 19.9 Å². The van der Waals surface area contributed by atoms with Gasteiger partial charge in [-0.1, -0.05) is 6.92 Å². The van der Waals surface area contributed by atoms with Gasteiger partial charge in [0.05, 0.1) is 0 Å². The van der Waals surface area contributed by atoms with E-state index < -0.39 is 5.60 Å². The van der Waals surface area contributed by atoms with Gasteiger partial charge in [0.1, 0.15) is 11.4 Å². The number of rotatable bonds is 6. The minimum atomic E-state index is -0.657. The van der Waals surface area contributed by atoms with Crippen LogP contribution in [0.4, 0.5) is 0 Å². The third kappa shape index (κ3) is 5.64. The molecule has 0 aromatic carbocycles. The number of ether oxygens (including phenoxy) is 1. The average Bonchev–Trinajstić information content (AvgIpc) is 2.90. The van der Waals surface area contributed by atoms with Gasteiger partial charge in [-0.15, -0.1) is 24.8 Å². The summed E-state index contributed by atoms with van der Waals surface area (Å²) in [4.78, 5) is 16.7. The normalized spacial score (nSPS) is 17.5. The lowest BCUT2D eigenvalue weighted by molar-refractivity contribution is -0.146. The maximum absolute atomic E-state index is 12.4. The monoisotopic (exact) mass is 366 g/mol. The molecule has 8 heteroatoms. The Labute approximate surface area is 150 Å². The van der Waals surface area contributed by atoms with Crippen molar-refractivity contribution in [3.05, 3.63) is 18.2 Å². The van der Waals surface area contributed by atoms with Crippen molar-refractivity contribution < 1.29 is 9.53 Å². The molecule has 0 aliphatic carbocycles. The topological polar surface area (TPSA) is 68.2 Å². The fourth-order valence-corrected chi connectivity index (χ4v) is 2.78. The number of carbonyl (C=O) groups excluding carboxylic acids is 1. The third-order valence-corrected chi connectivity index (χ3v) is 4.26. The molecule has 1 aromatic heterocycles. The van der Waals surface area contributed by atoms with E-state index in [1.54, 1.807) is 13.3 Å². The molecule has 0 bridgehead atoms. The molecule has 1 amide bonds. The summed E-state index contributed by atoms with van der Waals surface area (Å²) in [6.07, 6.45) is 5.22. The number of nitrogens with one attached hydrogen (secondary N) is 2. The summed E-state index contributed by atoms with van der Waals surface area (Å²) in [7, 11) is 1.63. The molecule has 1 aromatic rings. The minimum Gasteiger partial charge on any atom is -0.368 e. The molecule has 0 spiro atoms. The van der Waals surface area contributed by atoms with Crippen molar-refractivity contribution in [3.8, 4) is 0 Å². The third-order valence-electron chi connectivity index (χ3n) is 4.26. The molecule has 1 fully saturated rings. The highest BCUT2D eigenvalue weighted by atomic mass is 35.5. The van der Waals surface area contributed by atoms with Crippen LogP contribution in [0.1, 0.15) is 25.6 Å². The van der Waals surface area contributed by atoms with Crippen molar-refractivity contribution in [3.63, 3.8) is 0 Å². The molecule has 1 saturated heterocycles. The van der Waals surface area contributed by atoms with E-state index in [2.05, 4.69) is 27.1 Å². The molecule has 2 N–H and O–H groups in total. The summed E-state index contributed by atoms with van der Waals surface area (Å²) < 4.78 is 7.64. The average molecular weight is 367 g/mol. The molecule has 6 nitrogen and oxygen atoms in total. The number of nitrogens with zero attached hydrogens (tertiary/aromatic N) is 2. The van der Waals surface area contributed by atoms with Gasteiger partial charge in [0, 0.05) is 32.6 Å². The molecule has 23 heavy (non-hydrogen) atoms. The molecular formula is C15H28Cl2N4O2. The molecule has 1 aliphatic rings. The number of methoxy groups -OCH3 is 1. The van der Waals surface area contributed by atoms with Crippen molar-refractivity contribution in [2.24, 2.45) is 5.92 Å². The van der Waals surface area contributed by atoms with Crippen LogP contribution in [0, 0.1) is 12.8 Å². The zero-order chi connectivity index (χ0) is 15.3. The number of piperidine rings is 1.